The van der Waals surface area contributed by atoms with Crippen molar-refractivity contribution >= 4 is 28.6 Å². The topological polar surface area (TPSA) is 69.2 Å². The molecule has 0 radical (unpaired) electrons. The molecule has 0 bridgehead atoms. The van der Waals surface area contributed by atoms with Crippen molar-refractivity contribution in [2.75, 3.05) is 12.1 Å². The molecule has 0 fully saturated rings. The highest BCUT2D eigenvalue weighted by atomic mass is 32.1. The minimum Gasteiger partial charge on any atom is -0.454 e. The van der Waals surface area contributed by atoms with Crippen molar-refractivity contribution < 1.29 is 9.47 Å². The van der Waals surface area contributed by atoms with E-state index in [2.05, 4.69) is 32.1 Å². The van der Waals surface area contributed by atoms with Gasteiger partial charge in [0, 0.05) is 29.4 Å². The van der Waals surface area contributed by atoms with E-state index in [1.54, 1.807) is 22.7 Å². The van der Waals surface area contributed by atoms with Gasteiger partial charge in [-0.05, 0) is 47.0 Å². The average Bonchev–Trinajstić information content (AvgIpc) is 3.47. The molecule has 8 heteroatoms. The second-order valence-corrected chi connectivity index (χ2v) is 7.94. The van der Waals surface area contributed by atoms with Crippen molar-refractivity contribution in [2.24, 2.45) is 0 Å². The third-order valence-corrected chi connectivity index (χ3v) is 5.98. The number of hydrogen-bond acceptors (Lipinski definition) is 8. The predicted molar refractivity (Wildman–Crippen MR) is 111 cm³/mol. The zero-order valence-corrected chi connectivity index (χ0v) is 16.6. The Balaban J connectivity index is 1.44. The molecule has 0 aliphatic carbocycles. The molecule has 4 heterocycles. The van der Waals surface area contributed by atoms with Crippen molar-refractivity contribution in [3.63, 3.8) is 0 Å². The van der Waals surface area contributed by atoms with Gasteiger partial charge in [-0.15, -0.1) is 11.3 Å². The minimum atomic E-state index is 0.274. The first kappa shape index (κ1) is 17.2. The molecule has 1 aliphatic heterocycles. The van der Waals surface area contributed by atoms with E-state index in [1.165, 1.54) is 0 Å². The molecular formula is C20H16N4O2S2. The molecule has 0 amide bonds. The third kappa shape index (κ3) is 3.32. The van der Waals surface area contributed by atoms with Gasteiger partial charge in [-0.2, -0.15) is 11.3 Å². The van der Waals surface area contributed by atoms with Gasteiger partial charge in [0.25, 0.3) is 0 Å². The smallest absolute Gasteiger partial charge is 0.231 e. The summed E-state index contributed by atoms with van der Waals surface area (Å²) in [6.45, 7) is 2.85. The van der Waals surface area contributed by atoms with Crippen molar-refractivity contribution in [1.29, 1.82) is 0 Å². The quantitative estimate of drug-likeness (QED) is 0.502. The Hall–Kier alpha value is -2.97. The van der Waals surface area contributed by atoms with Crippen LogP contribution in [0.3, 0.4) is 0 Å². The summed E-state index contributed by atoms with van der Waals surface area (Å²) in [4.78, 5) is 13.9. The van der Waals surface area contributed by atoms with E-state index in [1.807, 2.05) is 36.7 Å². The molecule has 0 atom stereocenters. The Bertz CT molecular complexity index is 1130. The first-order valence-corrected chi connectivity index (χ1v) is 10.5. The fourth-order valence-electron chi connectivity index (χ4n) is 2.95. The number of rotatable bonds is 5. The lowest BCUT2D eigenvalue weighted by Gasteiger charge is -2.10. The molecular weight excluding hydrogens is 392 g/mol. The van der Waals surface area contributed by atoms with Gasteiger partial charge in [-0.25, -0.2) is 15.0 Å². The Labute approximate surface area is 169 Å². The molecule has 0 saturated heterocycles. The highest BCUT2D eigenvalue weighted by Gasteiger charge is 2.16. The summed E-state index contributed by atoms with van der Waals surface area (Å²) in [5.74, 6) is 2.12. The molecule has 140 valence electrons. The van der Waals surface area contributed by atoms with Crippen molar-refractivity contribution in [3.05, 3.63) is 57.9 Å². The maximum absolute atomic E-state index is 5.44. The summed E-state index contributed by atoms with van der Waals surface area (Å²) >= 11 is 3.25. The zero-order chi connectivity index (χ0) is 18.9. The molecule has 1 N–H and O–H groups in total. The van der Waals surface area contributed by atoms with E-state index < -0.39 is 0 Å². The van der Waals surface area contributed by atoms with E-state index >= 15 is 0 Å². The Morgan fingerprint density at radius 3 is 2.86 bits per heavy atom. The Kier molecular flexibility index (Phi) is 4.42. The van der Waals surface area contributed by atoms with Crippen LogP contribution in [0, 0.1) is 6.92 Å². The summed E-state index contributed by atoms with van der Waals surface area (Å²) in [6.07, 6.45) is 1.86. The number of thiophene rings is 1. The fraction of sp³-hybridized carbons (Fsp3) is 0.150. The number of anilines is 1. The van der Waals surface area contributed by atoms with E-state index in [9.17, 15) is 0 Å². The summed E-state index contributed by atoms with van der Waals surface area (Å²) in [5.41, 5.74) is 5.00. The van der Waals surface area contributed by atoms with Crippen LogP contribution >= 0.6 is 22.7 Å². The number of aromatic nitrogens is 3. The largest absolute Gasteiger partial charge is 0.454 e. The second-order valence-electron chi connectivity index (χ2n) is 6.30. The Morgan fingerprint density at radius 1 is 1.11 bits per heavy atom. The van der Waals surface area contributed by atoms with Gasteiger partial charge in [0.15, 0.2) is 11.5 Å². The van der Waals surface area contributed by atoms with Crippen LogP contribution in [0.1, 0.15) is 11.3 Å². The SMILES string of the molecule is Cc1csc(-c2nc(NCc3ccc4c(c3)OCO4)ncc2-c2ccsc2)n1. The first-order chi connectivity index (χ1) is 13.8. The van der Waals surface area contributed by atoms with Crippen molar-refractivity contribution in [2.45, 2.75) is 13.5 Å². The number of nitrogens with one attached hydrogen (secondary N) is 1. The zero-order valence-electron chi connectivity index (χ0n) is 15.0. The number of hydrogen-bond donors (Lipinski definition) is 1. The summed E-state index contributed by atoms with van der Waals surface area (Å²) in [6, 6.07) is 7.97. The van der Waals surface area contributed by atoms with Crippen LogP contribution in [-0.2, 0) is 6.54 Å². The number of ether oxygens (including phenoxy) is 2. The number of fused-ring (bicyclic) bond motifs is 1. The van der Waals surface area contributed by atoms with Crippen LogP contribution < -0.4 is 14.8 Å². The van der Waals surface area contributed by atoms with E-state index in [0.29, 0.717) is 12.5 Å². The van der Waals surface area contributed by atoms with Gasteiger partial charge in [-0.3, -0.25) is 0 Å². The van der Waals surface area contributed by atoms with Gasteiger partial charge in [0.1, 0.15) is 10.7 Å². The van der Waals surface area contributed by atoms with Gasteiger partial charge in [0.05, 0.1) is 0 Å². The maximum Gasteiger partial charge on any atom is 0.231 e. The van der Waals surface area contributed by atoms with E-state index in [4.69, 9.17) is 14.5 Å². The van der Waals surface area contributed by atoms with Gasteiger partial charge >= 0.3 is 0 Å². The highest BCUT2D eigenvalue weighted by Crippen LogP contribution is 2.34. The van der Waals surface area contributed by atoms with Gasteiger partial charge < -0.3 is 14.8 Å². The first-order valence-electron chi connectivity index (χ1n) is 8.71. The summed E-state index contributed by atoms with van der Waals surface area (Å²) < 4.78 is 10.8. The number of thiazole rings is 1. The summed E-state index contributed by atoms with van der Waals surface area (Å²) in [7, 11) is 0. The lowest BCUT2D eigenvalue weighted by Crippen LogP contribution is -2.05. The molecule has 3 aromatic heterocycles. The normalized spacial score (nSPS) is 12.3. The van der Waals surface area contributed by atoms with E-state index in [-0.39, 0.29) is 6.79 Å². The second kappa shape index (κ2) is 7.21. The van der Waals surface area contributed by atoms with Crippen molar-refractivity contribution in [1.82, 2.24) is 15.0 Å². The lowest BCUT2D eigenvalue weighted by molar-refractivity contribution is 0.174. The Morgan fingerprint density at radius 2 is 2.04 bits per heavy atom. The average molecular weight is 409 g/mol. The van der Waals surface area contributed by atoms with Gasteiger partial charge in [0.2, 0.25) is 12.7 Å². The van der Waals surface area contributed by atoms with Crippen molar-refractivity contribution in [3.8, 4) is 33.3 Å². The van der Waals surface area contributed by atoms with Crippen LogP contribution in [-0.4, -0.2) is 21.7 Å². The lowest BCUT2D eigenvalue weighted by atomic mass is 10.1. The van der Waals surface area contributed by atoms with Crippen LogP contribution in [0.2, 0.25) is 0 Å². The molecule has 0 unspecified atom stereocenters. The van der Waals surface area contributed by atoms with Gasteiger partial charge in [-0.1, -0.05) is 6.07 Å². The molecule has 0 spiro atoms. The predicted octanol–water partition coefficient (Wildman–Crippen LogP) is 4.98. The molecule has 6 nitrogen and oxygen atoms in total. The third-order valence-electron chi connectivity index (χ3n) is 4.33. The van der Waals surface area contributed by atoms with Crippen LogP contribution in [0.4, 0.5) is 5.95 Å². The van der Waals surface area contributed by atoms with Crippen LogP contribution in [0.5, 0.6) is 11.5 Å². The monoisotopic (exact) mass is 408 g/mol. The highest BCUT2D eigenvalue weighted by molar-refractivity contribution is 7.13. The van der Waals surface area contributed by atoms with E-state index in [0.717, 1.165) is 44.6 Å². The molecule has 1 aromatic carbocycles. The maximum atomic E-state index is 5.44. The standard InChI is InChI=1S/C20H16N4O2S2/c1-12-9-28-19(23-12)18-15(14-4-5-27-10-14)8-22-20(24-18)21-7-13-2-3-16-17(6-13)26-11-25-16/h2-6,8-10H,7,11H2,1H3,(H,21,22,24). The van der Waals surface area contributed by atoms with Crippen LogP contribution in [0.15, 0.2) is 46.6 Å². The molecule has 1 aliphatic rings. The number of benzene rings is 1. The fourth-order valence-corrected chi connectivity index (χ4v) is 4.41. The molecule has 4 aromatic rings. The van der Waals surface area contributed by atoms with Crippen LogP contribution in [0.25, 0.3) is 21.8 Å². The summed E-state index contributed by atoms with van der Waals surface area (Å²) in [5, 5.41) is 10.4. The molecule has 0 saturated carbocycles. The molecule has 28 heavy (non-hydrogen) atoms. The number of nitrogens with zero attached hydrogens (tertiary/aromatic N) is 3. The minimum absolute atomic E-state index is 0.274. The number of aryl methyl sites for hydroxylation is 1. The molecule has 5 rings (SSSR count).